The van der Waals surface area contributed by atoms with Gasteiger partial charge in [-0.1, -0.05) is 0 Å². The van der Waals surface area contributed by atoms with E-state index in [2.05, 4.69) is 9.72 Å². The van der Waals surface area contributed by atoms with E-state index in [-0.39, 0.29) is 11.3 Å². The minimum Gasteiger partial charge on any atom is -0.406 e. The number of ether oxygens (including phenoxy) is 1. The van der Waals surface area contributed by atoms with Crippen molar-refractivity contribution in [3.63, 3.8) is 0 Å². The van der Waals surface area contributed by atoms with Crippen molar-refractivity contribution >= 4 is 0 Å². The van der Waals surface area contributed by atoms with E-state index in [1.165, 1.54) is 0 Å². The molecule has 0 aliphatic rings. The monoisotopic (exact) mass is 337 g/mol. The average molecular weight is 337 g/mol. The van der Waals surface area contributed by atoms with Gasteiger partial charge in [-0.25, -0.2) is 0 Å². The fourth-order valence-corrected chi connectivity index (χ4v) is 1.86. The first kappa shape index (κ1) is 17.1. The van der Waals surface area contributed by atoms with Gasteiger partial charge < -0.3 is 9.84 Å². The third kappa shape index (κ3) is 4.35. The predicted octanol–water partition coefficient (Wildman–Crippen LogP) is 4.16. The Balaban J connectivity index is 2.35. The molecule has 0 unspecified atom stereocenters. The lowest BCUT2D eigenvalue weighted by molar-refractivity contribution is -0.274. The molecule has 2 aromatic rings. The second-order valence-corrected chi connectivity index (χ2v) is 4.45. The smallest absolute Gasteiger partial charge is 0.406 e. The summed E-state index contributed by atoms with van der Waals surface area (Å²) in [6, 6.07) is 4.98. The van der Waals surface area contributed by atoms with Crippen molar-refractivity contribution in [2.45, 2.75) is 19.1 Å². The van der Waals surface area contributed by atoms with Gasteiger partial charge in [-0.2, -0.15) is 13.2 Å². The van der Waals surface area contributed by atoms with Crippen LogP contribution in [0.5, 0.6) is 5.75 Å². The molecular formula is C14H9F6NO2. The number of rotatable bonds is 3. The summed E-state index contributed by atoms with van der Waals surface area (Å²) in [7, 11) is 0. The summed E-state index contributed by atoms with van der Waals surface area (Å²) in [5, 5.41) is 8.92. The van der Waals surface area contributed by atoms with Crippen molar-refractivity contribution < 1.29 is 36.2 Å². The molecule has 0 atom stereocenters. The van der Waals surface area contributed by atoms with E-state index >= 15 is 0 Å². The second kappa shape index (κ2) is 6.07. The lowest BCUT2D eigenvalue weighted by Gasteiger charge is -2.13. The highest BCUT2D eigenvalue weighted by Gasteiger charge is 2.34. The first-order chi connectivity index (χ1) is 10.6. The van der Waals surface area contributed by atoms with Gasteiger partial charge in [0.05, 0.1) is 17.9 Å². The quantitative estimate of drug-likeness (QED) is 0.856. The maximum absolute atomic E-state index is 12.9. The van der Waals surface area contributed by atoms with E-state index in [1.807, 2.05) is 0 Å². The van der Waals surface area contributed by atoms with Gasteiger partial charge in [0.15, 0.2) is 0 Å². The number of pyridine rings is 1. The van der Waals surface area contributed by atoms with Crippen molar-refractivity contribution in [2.75, 3.05) is 0 Å². The van der Waals surface area contributed by atoms with Gasteiger partial charge in [-0.05, 0) is 30.3 Å². The van der Waals surface area contributed by atoms with E-state index < -0.39 is 36.0 Å². The normalized spacial score (nSPS) is 12.3. The van der Waals surface area contributed by atoms with Crippen molar-refractivity contribution in [1.82, 2.24) is 4.98 Å². The van der Waals surface area contributed by atoms with Crippen LogP contribution in [0.2, 0.25) is 0 Å². The Morgan fingerprint density at radius 3 is 2.09 bits per heavy atom. The van der Waals surface area contributed by atoms with E-state index in [0.29, 0.717) is 0 Å². The van der Waals surface area contributed by atoms with Crippen LogP contribution in [0.25, 0.3) is 11.3 Å². The Hall–Kier alpha value is -2.29. The molecular weight excluding hydrogens is 328 g/mol. The lowest BCUT2D eigenvalue weighted by atomic mass is 10.1. The number of halogens is 6. The Bertz CT molecular complexity index is 679. The zero-order valence-electron chi connectivity index (χ0n) is 11.2. The van der Waals surface area contributed by atoms with Gasteiger partial charge in [0, 0.05) is 17.3 Å². The number of nitrogens with zero attached hydrogens (tertiary/aromatic N) is 1. The summed E-state index contributed by atoms with van der Waals surface area (Å²) in [6.07, 6.45) is -8.67. The third-order valence-corrected chi connectivity index (χ3v) is 2.85. The van der Waals surface area contributed by atoms with Crippen LogP contribution in [0.3, 0.4) is 0 Å². The van der Waals surface area contributed by atoms with Crippen LogP contribution in [0.4, 0.5) is 26.3 Å². The second-order valence-electron chi connectivity index (χ2n) is 4.45. The summed E-state index contributed by atoms with van der Waals surface area (Å²) >= 11 is 0. The zero-order valence-corrected chi connectivity index (χ0v) is 11.2. The highest BCUT2D eigenvalue weighted by atomic mass is 19.4. The van der Waals surface area contributed by atoms with Crippen LogP contribution in [-0.2, 0) is 12.8 Å². The molecule has 0 saturated carbocycles. The molecule has 1 aromatic carbocycles. The van der Waals surface area contributed by atoms with Crippen molar-refractivity contribution in [3.8, 4) is 17.0 Å². The number of benzene rings is 1. The molecule has 0 aliphatic carbocycles. The lowest BCUT2D eigenvalue weighted by Crippen LogP contribution is -2.16. The maximum atomic E-state index is 12.9. The Labute approximate surface area is 126 Å². The van der Waals surface area contributed by atoms with Crippen molar-refractivity contribution in [1.29, 1.82) is 0 Å². The summed E-state index contributed by atoms with van der Waals surface area (Å²) in [5.41, 5.74) is -1.36. The first-order valence-electron chi connectivity index (χ1n) is 6.13. The Kier molecular flexibility index (Phi) is 4.51. The van der Waals surface area contributed by atoms with Crippen LogP contribution in [0.1, 0.15) is 11.1 Å². The molecule has 0 spiro atoms. The average Bonchev–Trinajstić information content (AvgIpc) is 2.45. The number of aromatic nitrogens is 1. The van der Waals surface area contributed by atoms with E-state index in [1.54, 1.807) is 0 Å². The van der Waals surface area contributed by atoms with Crippen LogP contribution in [-0.4, -0.2) is 16.5 Å². The zero-order chi connectivity index (χ0) is 17.3. The maximum Gasteiger partial charge on any atom is 0.573 e. The molecule has 0 fully saturated rings. The summed E-state index contributed by atoms with van der Waals surface area (Å²) < 4.78 is 78.5. The number of aliphatic hydroxyl groups is 1. The minimum atomic E-state index is -4.86. The van der Waals surface area contributed by atoms with Crippen LogP contribution in [0.15, 0.2) is 36.5 Å². The molecule has 9 heteroatoms. The Morgan fingerprint density at radius 2 is 1.61 bits per heavy atom. The number of hydrogen-bond acceptors (Lipinski definition) is 3. The fraction of sp³-hybridized carbons (Fsp3) is 0.214. The summed E-state index contributed by atoms with van der Waals surface area (Å²) in [6.45, 7) is -0.833. The van der Waals surface area contributed by atoms with Crippen molar-refractivity contribution in [2.24, 2.45) is 0 Å². The molecule has 0 saturated heterocycles. The topological polar surface area (TPSA) is 42.4 Å². The summed E-state index contributed by atoms with van der Waals surface area (Å²) in [4.78, 5) is 3.78. The SMILES string of the molecule is OCc1cnc(-c2ccc(OC(F)(F)F)cc2)cc1C(F)(F)F. The number of alkyl halides is 6. The summed E-state index contributed by atoms with van der Waals surface area (Å²) in [5.74, 6) is -0.496. The van der Waals surface area contributed by atoms with E-state index in [0.717, 1.165) is 36.5 Å². The Morgan fingerprint density at radius 1 is 1.00 bits per heavy atom. The molecule has 3 nitrogen and oxygen atoms in total. The largest absolute Gasteiger partial charge is 0.573 e. The molecule has 1 N–H and O–H groups in total. The van der Waals surface area contributed by atoms with Gasteiger partial charge in [-0.3, -0.25) is 4.98 Å². The number of aliphatic hydroxyl groups excluding tert-OH is 1. The van der Waals surface area contributed by atoms with Gasteiger partial charge >= 0.3 is 12.5 Å². The van der Waals surface area contributed by atoms with Gasteiger partial charge in [-0.15, -0.1) is 13.2 Å². The standard InChI is InChI=1S/C14H9F6NO2/c15-13(16,17)11-5-12(21-6-9(11)7-22)8-1-3-10(4-2-8)23-14(18,19)20/h1-6,22H,7H2. The van der Waals surface area contributed by atoms with Crippen LogP contribution < -0.4 is 4.74 Å². The minimum absolute atomic E-state index is 0.0897. The van der Waals surface area contributed by atoms with Gasteiger partial charge in [0.1, 0.15) is 5.75 Å². The molecule has 0 amide bonds. The first-order valence-corrected chi connectivity index (χ1v) is 6.13. The molecule has 1 heterocycles. The predicted molar refractivity (Wildman–Crippen MR) is 67.3 cm³/mol. The van der Waals surface area contributed by atoms with Gasteiger partial charge in [0.25, 0.3) is 0 Å². The molecule has 0 bridgehead atoms. The number of hydrogen-bond donors (Lipinski definition) is 1. The van der Waals surface area contributed by atoms with E-state index in [4.69, 9.17) is 5.11 Å². The molecule has 0 radical (unpaired) electrons. The fourth-order valence-electron chi connectivity index (χ4n) is 1.86. The molecule has 23 heavy (non-hydrogen) atoms. The highest BCUT2D eigenvalue weighted by Crippen LogP contribution is 2.34. The molecule has 0 aliphatic heterocycles. The van der Waals surface area contributed by atoms with Crippen LogP contribution >= 0.6 is 0 Å². The van der Waals surface area contributed by atoms with E-state index in [9.17, 15) is 26.3 Å². The third-order valence-electron chi connectivity index (χ3n) is 2.85. The molecule has 1 aromatic heterocycles. The van der Waals surface area contributed by atoms with Gasteiger partial charge in [0.2, 0.25) is 0 Å². The van der Waals surface area contributed by atoms with Crippen molar-refractivity contribution in [3.05, 3.63) is 47.7 Å². The molecule has 124 valence electrons. The van der Waals surface area contributed by atoms with Crippen LogP contribution in [0, 0.1) is 0 Å². The molecule has 2 rings (SSSR count). The highest BCUT2D eigenvalue weighted by molar-refractivity contribution is 5.61.